The molecule has 136 valence electrons. The molecule has 0 bridgehead atoms. The lowest BCUT2D eigenvalue weighted by Gasteiger charge is -2.37. The highest BCUT2D eigenvalue weighted by Crippen LogP contribution is 2.24. The van der Waals surface area contributed by atoms with Gasteiger partial charge in [0.25, 0.3) is 0 Å². The third-order valence-electron chi connectivity index (χ3n) is 5.21. The second-order valence-electron chi connectivity index (χ2n) is 6.86. The number of para-hydroxylation sites is 1. The molecule has 0 saturated carbocycles. The molecule has 0 spiro atoms. The van der Waals surface area contributed by atoms with Gasteiger partial charge < -0.3 is 14.9 Å². The van der Waals surface area contributed by atoms with Crippen molar-refractivity contribution in [3.8, 4) is 0 Å². The number of piperazine rings is 1. The maximum atomic E-state index is 12.8. The van der Waals surface area contributed by atoms with E-state index in [1.807, 2.05) is 35.2 Å². The summed E-state index contributed by atoms with van der Waals surface area (Å²) >= 11 is 0. The molecule has 2 saturated heterocycles. The predicted molar refractivity (Wildman–Crippen MR) is 96.7 cm³/mol. The van der Waals surface area contributed by atoms with Gasteiger partial charge in [0.15, 0.2) is 0 Å². The number of hydrogen-bond donors (Lipinski definition) is 1. The molecule has 1 N–H and O–H groups in total. The minimum Gasteiger partial charge on any atom is -0.481 e. The van der Waals surface area contributed by atoms with Gasteiger partial charge in [-0.1, -0.05) is 18.2 Å². The highest BCUT2D eigenvalue weighted by atomic mass is 16.4. The normalized spacial score (nSPS) is 22.5. The molecule has 2 aliphatic heterocycles. The monoisotopic (exact) mass is 345 g/mol. The Balaban J connectivity index is 1.44. The van der Waals surface area contributed by atoms with E-state index in [4.69, 9.17) is 5.11 Å². The summed E-state index contributed by atoms with van der Waals surface area (Å²) in [5.41, 5.74) is 0.993. The Morgan fingerprint density at radius 3 is 2.44 bits per heavy atom. The number of nitrogens with zero attached hydrogens (tertiary/aromatic N) is 3. The smallest absolute Gasteiger partial charge is 0.303 e. The molecule has 1 aromatic carbocycles. The Bertz CT molecular complexity index is 585. The van der Waals surface area contributed by atoms with Crippen LogP contribution >= 0.6 is 0 Å². The van der Waals surface area contributed by atoms with E-state index < -0.39 is 5.97 Å². The van der Waals surface area contributed by atoms with Crippen LogP contribution < -0.4 is 4.90 Å². The Labute approximate surface area is 149 Å². The molecule has 1 unspecified atom stereocenters. The van der Waals surface area contributed by atoms with E-state index in [2.05, 4.69) is 9.80 Å². The molecule has 0 aromatic heterocycles. The first-order valence-corrected chi connectivity index (χ1v) is 9.20. The summed E-state index contributed by atoms with van der Waals surface area (Å²) in [5.74, 6) is -0.492. The Morgan fingerprint density at radius 2 is 1.76 bits per heavy atom. The van der Waals surface area contributed by atoms with Crippen molar-refractivity contribution in [2.45, 2.75) is 31.7 Å². The number of unbranched alkanes of at least 4 members (excludes halogenated alkanes) is 1. The first-order chi connectivity index (χ1) is 12.1. The van der Waals surface area contributed by atoms with E-state index in [1.54, 1.807) is 0 Å². The van der Waals surface area contributed by atoms with E-state index in [0.717, 1.165) is 64.2 Å². The van der Waals surface area contributed by atoms with Crippen LogP contribution in [-0.2, 0) is 9.59 Å². The summed E-state index contributed by atoms with van der Waals surface area (Å²) in [6, 6.07) is 9.91. The molecule has 2 heterocycles. The maximum Gasteiger partial charge on any atom is 0.303 e. The van der Waals surface area contributed by atoms with Gasteiger partial charge in [-0.25, -0.2) is 0 Å². The molecular weight excluding hydrogens is 318 g/mol. The van der Waals surface area contributed by atoms with Crippen molar-refractivity contribution in [3.05, 3.63) is 30.3 Å². The third-order valence-corrected chi connectivity index (χ3v) is 5.21. The third kappa shape index (κ3) is 4.58. The van der Waals surface area contributed by atoms with Gasteiger partial charge in [-0.3, -0.25) is 14.5 Å². The highest BCUT2D eigenvalue weighted by Gasteiger charge is 2.37. The van der Waals surface area contributed by atoms with Crippen LogP contribution in [0, 0.1) is 0 Å². The van der Waals surface area contributed by atoms with Gasteiger partial charge in [0.1, 0.15) is 0 Å². The summed E-state index contributed by atoms with van der Waals surface area (Å²) in [6.45, 7) is 5.50. The number of carboxylic acid groups (broad SMARTS) is 1. The number of anilines is 1. The SMILES string of the molecule is O=C(O)CCCCN1CCN(C2CCN(c3ccccc3)C2=O)CC1. The van der Waals surface area contributed by atoms with E-state index in [0.29, 0.717) is 0 Å². The second kappa shape index (κ2) is 8.45. The molecule has 25 heavy (non-hydrogen) atoms. The maximum absolute atomic E-state index is 12.8. The minimum atomic E-state index is -0.715. The summed E-state index contributed by atoms with van der Waals surface area (Å²) < 4.78 is 0. The van der Waals surface area contributed by atoms with Crippen molar-refractivity contribution < 1.29 is 14.7 Å². The molecule has 3 rings (SSSR count). The van der Waals surface area contributed by atoms with Gasteiger partial charge in [-0.15, -0.1) is 0 Å². The molecule has 6 heteroatoms. The quantitative estimate of drug-likeness (QED) is 0.762. The van der Waals surface area contributed by atoms with Crippen LogP contribution in [0.25, 0.3) is 0 Å². The second-order valence-corrected chi connectivity index (χ2v) is 6.86. The molecule has 0 radical (unpaired) electrons. The Hall–Kier alpha value is -1.92. The molecule has 2 fully saturated rings. The number of benzene rings is 1. The zero-order valence-electron chi connectivity index (χ0n) is 14.6. The van der Waals surface area contributed by atoms with Crippen molar-refractivity contribution >= 4 is 17.6 Å². The molecule has 2 aliphatic rings. The van der Waals surface area contributed by atoms with Gasteiger partial charge in [-0.2, -0.15) is 0 Å². The summed E-state index contributed by atoms with van der Waals surface area (Å²) in [5, 5.41) is 8.68. The van der Waals surface area contributed by atoms with Gasteiger partial charge in [-0.05, 0) is 37.9 Å². The molecule has 1 atom stereocenters. The lowest BCUT2D eigenvalue weighted by Crippen LogP contribution is -2.52. The fraction of sp³-hybridized carbons (Fsp3) is 0.579. The first-order valence-electron chi connectivity index (χ1n) is 9.20. The fourth-order valence-corrected chi connectivity index (χ4v) is 3.78. The molecule has 1 amide bonds. The number of amides is 1. The largest absolute Gasteiger partial charge is 0.481 e. The average molecular weight is 345 g/mol. The highest BCUT2D eigenvalue weighted by molar-refractivity contribution is 5.99. The molecule has 0 aliphatic carbocycles. The standard InChI is InChI=1S/C19H27N3O3/c23-18(24)8-4-5-10-20-12-14-21(15-13-20)17-9-11-22(19(17)25)16-6-2-1-3-7-16/h1-3,6-7,17H,4-5,8-15H2,(H,23,24). The van der Waals surface area contributed by atoms with Crippen molar-refractivity contribution in [1.82, 2.24) is 9.80 Å². The summed E-state index contributed by atoms with van der Waals surface area (Å²) in [6.07, 6.45) is 2.82. The molecule has 1 aromatic rings. The van der Waals surface area contributed by atoms with E-state index in [1.165, 1.54) is 0 Å². The number of rotatable bonds is 7. The van der Waals surface area contributed by atoms with E-state index in [9.17, 15) is 9.59 Å². The van der Waals surface area contributed by atoms with Crippen LogP contribution in [0.1, 0.15) is 25.7 Å². The molecular formula is C19H27N3O3. The van der Waals surface area contributed by atoms with Crippen molar-refractivity contribution in [1.29, 1.82) is 0 Å². The number of carboxylic acids is 1. The van der Waals surface area contributed by atoms with Crippen LogP contribution in [0.15, 0.2) is 30.3 Å². The van der Waals surface area contributed by atoms with Crippen LogP contribution in [-0.4, -0.2) is 72.1 Å². The van der Waals surface area contributed by atoms with Crippen LogP contribution in [0.2, 0.25) is 0 Å². The lowest BCUT2D eigenvalue weighted by molar-refractivity contribution is -0.137. The molecule has 6 nitrogen and oxygen atoms in total. The van der Waals surface area contributed by atoms with Crippen molar-refractivity contribution in [2.75, 3.05) is 44.2 Å². The average Bonchev–Trinajstić information content (AvgIpc) is 3.01. The summed E-state index contributed by atoms with van der Waals surface area (Å²) in [4.78, 5) is 29.9. The Morgan fingerprint density at radius 1 is 1.04 bits per heavy atom. The lowest BCUT2D eigenvalue weighted by atomic mass is 10.1. The van der Waals surface area contributed by atoms with Gasteiger partial charge in [0.2, 0.25) is 5.91 Å². The zero-order valence-corrected chi connectivity index (χ0v) is 14.6. The fourth-order valence-electron chi connectivity index (χ4n) is 3.78. The van der Waals surface area contributed by atoms with Gasteiger partial charge in [0.05, 0.1) is 6.04 Å². The van der Waals surface area contributed by atoms with E-state index in [-0.39, 0.29) is 18.4 Å². The number of aliphatic carboxylic acids is 1. The van der Waals surface area contributed by atoms with Gasteiger partial charge in [0, 0.05) is 44.8 Å². The predicted octanol–water partition coefficient (Wildman–Crippen LogP) is 1.66. The van der Waals surface area contributed by atoms with E-state index >= 15 is 0 Å². The van der Waals surface area contributed by atoms with Gasteiger partial charge >= 0.3 is 5.97 Å². The number of carbonyl (C=O) groups excluding carboxylic acids is 1. The zero-order chi connectivity index (χ0) is 17.6. The number of carbonyl (C=O) groups is 2. The van der Waals surface area contributed by atoms with Crippen LogP contribution in [0.5, 0.6) is 0 Å². The van der Waals surface area contributed by atoms with Crippen molar-refractivity contribution in [3.63, 3.8) is 0 Å². The summed E-state index contributed by atoms with van der Waals surface area (Å²) in [7, 11) is 0. The topological polar surface area (TPSA) is 64.1 Å². The number of hydrogen-bond acceptors (Lipinski definition) is 4. The Kier molecular flexibility index (Phi) is 6.04. The first kappa shape index (κ1) is 17.9. The van der Waals surface area contributed by atoms with Crippen molar-refractivity contribution in [2.24, 2.45) is 0 Å². The van der Waals surface area contributed by atoms with Crippen LogP contribution in [0.3, 0.4) is 0 Å². The minimum absolute atomic E-state index is 0.00867. The van der Waals surface area contributed by atoms with Crippen LogP contribution in [0.4, 0.5) is 5.69 Å².